The van der Waals surface area contributed by atoms with E-state index in [1.165, 1.54) is 6.07 Å². The van der Waals surface area contributed by atoms with Crippen molar-refractivity contribution in [3.63, 3.8) is 0 Å². The number of ether oxygens (including phenoxy) is 1. The van der Waals surface area contributed by atoms with Gasteiger partial charge in [-0.25, -0.2) is 23.1 Å². The summed E-state index contributed by atoms with van der Waals surface area (Å²) in [5, 5.41) is 3.59. The van der Waals surface area contributed by atoms with Gasteiger partial charge in [-0.2, -0.15) is 0 Å². The lowest BCUT2D eigenvalue weighted by Gasteiger charge is -2.48. The third-order valence-electron chi connectivity index (χ3n) is 7.10. The van der Waals surface area contributed by atoms with E-state index >= 15 is 8.78 Å². The van der Waals surface area contributed by atoms with E-state index in [1.54, 1.807) is 4.90 Å². The number of nitrogens with two attached hydrogens (primary N) is 1. The van der Waals surface area contributed by atoms with Crippen LogP contribution in [-0.4, -0.2) is 54.2 Å². The number of fused-ring (bicyclic) bond motifs is 5. The molecule has 2 aromatic carbocycles. The van der Waals surface area contributed by atoms with Gasteiger partial charge in [-0.1, -0.05) is 22.9 Å². The van der Waals surface area contributed by atoms with E-state index in [4.69, 9.17) is 22.1 Å². The molecule has 8 nitrogen and oxygen atoms in total. The normalized spacial score (nSPS) is 20.8. The quantitative estimate of drug-likeness (QED) is 0.371. The minimum absolute atomic E-state index is 0.00622. The van der Waals surface area contributed by atoms with Gasteiger partial charge in [-0.3, -0.25) is 4.79 Å². The average Bonchev–Trinajstić information content (AvgIpc) is 3.25. The summed E-state index contributed by atoms with van der Waals surface area (Å²) in [5.74, 6) is -2.76. The molecule has 0 saturated carbocycles. The van der Waals surface area contributed by atoms with Crippen LogP contribution in [-0.2, 0) is 4.79 Å². The van der Waals surface area contributed by atoms with Gasteiger partial charge in [0.25, 0.3) is 5.91 Å². The number of nitrogens with one attached hydrogen (secondary N) is 1. The van der Waals surface area contributed by atoms with Crippen LogP contribution in [0.3, 0.4) is 0 Å². The van der Waals surface area contributed by atoms with Gasteiger partial charge >= 0.3 is 0 Å². The molecular formula is C24H18ClF3N6O2S. The first-order valence-corrected chi connectivity index (χ1v) is 12.8. The monoisotopic (exact) mass is 546 g/mol. The Morgan fingerprint density at radius 2 is 1.97 bits per heavy atom. The largest absolute Gasteiger partial charge is 0.474 e. The van der Waals surface area contributed by atoms with Crippen molar-refractivity contribution < 1.29 is 22.7 Å². The highest BCUT2D eigenvalue weighted by Gasteiger charge is 2.45. The summed E-state index contributed by atoms with van der Waals surface area (Å²) in [4.78, 5) is 25.4. The first-order chi connectivity index (χ1) is 17.7. The fourth-order valence-corrected chi connectivity index (χ4v) is 6.57. The van der Waals surface area contributed by atoms with Crippen LogP contribution in [0, 0.1) is 17.5 Å². The second kappa shape index (κ2) is 7.83. The SMILES string of the molecule is C[C@@H]1CN2c3c4c(nc5c(F)c(-c6c(F)cc(F)c7sc(N)nc67)c(Cl)cc35)OCCN4C(=O)[C@H]2CN1. The van der Waals surface area contributed by atoms with Crippen LogP contribution in [0.2, 0.25) is 5.02 Å². The second-order valence-corrected chi connectivity index (χ2v) is 10.8. The number of aromatic nitrogens is 2. The van der Waals surface area contributed by atoms with Crippen LogP contribution in [0.4, 0.5) is 29.7 Å². The van der Waals surface area contributed by atoms with E-state index in [1.807, 2.05) is 11.8 Å². The molecule has 2 atom stereocenters. The number of hydrogen-bond donors (Lipinski definition) is 2. The topological polar surface area (TPSA) is 96.6 Å². The Labute approximate surface area is 216 Å². The van der Waals surface area contributed by atoms with Crippen molar-refractivity contribution in [2.24, 2.45) is 0 Å². The predicted octanol–water partition coefficient (Wildman–Crippen LogP) is 4.07. The van der Waals surface area contributed by atoms with E-state index < -0.39 is 23.5 Å². The first-order valence-electron chi connectivity index (χ1n) is 11.6. The molecule has 0 unspecified atom stereocenters. The van der Waals surface area contributed by atoms with Crippen LogP contribution in [0.25, 0.3) is 32.2 Å². The van der Waals surface area contributed by atoms with E-state index in [-0.39, 0.29) is 61.5 Å². The Hall–Kier alpha value is -3.35. The fraction of sp³-hybridized carbons (Fsp3) is 0.292. The van der Waals surface area contributed by atoms with E-state index in [0.29, 0.717) is 42.5 Å². The summed E-state index contributed by atoms with van der Waals surface area (Å²) in [6.45, 7) is 3.44. The summed E-state index contributed by atoms with van der Waals surface area (Å²) in [7, 11) is 0. The Balaban J connectivity index is 1.56. The smallest absolute Gasteiger partial charge is 0.251 e. The third-order valence-corrected chi connectivity index (χ3v) is 8.29. The second-order valence-electron chi connectivity index (χ2n) is 9.32. The van der Waals surface area contributed by atoms with Gasteiger partial charge < -0.3 is 25.6 Å². The van der Waals surface area contributed by atoms with Gasteiger partial charge in [-0.15, -0.1) is 0 Å². The molecule has 1 fully saturated rings. The summed E-state index contributed by atoms with van der Waals surface area (Å²) < 4.78 is 51.8. The zero-order valence-electron chi connectivity index (χ0n) is 19.2. The Morgan fingerprint density at radius 3 is 2.78 bits per heavy atom. The first kappa shape index (κ1) is 22.8. The molecule has 0 aliphatic carbocycles. The molecule has 2 aromatic heterocycles. The molecule has 5 heterocycles. The van der Waals surface area contributed by atoms with Gasteiger partial charge in [0.05, 0.1) is 27.5 Å². The molecule has 1 saturated heterocycles. The van der Waals surface area contributed by atoms with Crippen LogP contribution in [0.15, 0.2) is 12.1 Å². The highest BCUT2D eigenvalue weighted by Crippen LogP contribution is 2.51. The fourth-order valence-electron chi connectivity index (χ4n) is 5.54. The highest BCUT2D eigenvalue weighted by atomic mass is 35.5. The summed E-state index contributed by atoms with van der Waals surface area (Å²) in [6, 6.07) is 1.75. The number of thiazole rings is 1. The maximum atomic E-state index is 16.4. The molecular weight excluding hydrogens is 529 g/mol. The average molecular weight is 547 g/mol. The number of piperazine rings is 1. The lowest BCUT2D eigenvalue weighted by Crippen LogP contribution is -2.65. The number of hydrogen-bond acceptors (Lipinski definition) is 8. The Bertz CT molecular complexity index is 1680. The molecule has 0 spiro atoms. The van der Waals surface area contributed by atoms with Crippen molar-refractivity contribution in [1.82, 2.24) is 15.3 Å². The molecule has 3 aliphatic rings. The molecule has 37 heavy (non-hydrogen) atoms. The highest BCUT2D eigenvalue weighted by molar-refractivity contribution is 7.22. The van der Waals surface area contributed by atoms with Crippen molar-refractivity contribution in [1.29, 1.82) is 0 Å². The van der Waals surface area contributed by atoms with Crippen molar-refractivity contribution >= 4 is 66.5 Å². The zero-order chi connectivity index (χ0) is 25.7. The number of rotatable bonds is 1. The number of nitrogens with zero attached hydrogens (tertiary/aromatic N) is 4. The molecule has 3 N–H and O–H groups in total. The maximum absolute atomic E-state index is 16.4. The molecule has 4 aromatic rings. The number of carbonyl (C=O) groups excluding carboxylic acids is 1. The minimum atomic E-state index is -1.03. The summed E-state index contributed by atoms with van der Waals surface area (Å²) in [6.07, 6.45) is 0. The lowest BCUT2D eigenvalue weighted by molar-refractivity contribution is -0.120. The Morgan fingerprint density at radius 1 is 1.16 bits per heavy atom. The number of nitrogen functional groups attached to an aromatic ring is 1. The van der Waals surface area contributed by atoms with Crippen molar-refractivity contribution in [2.45, 2.75) is 19.0 Å². The van der Waals surface area contributed by atoms with Crippen molar-refractivity contribution in [2.75, 3.05) is 41.8 Å². The van der Waals surface area contributed by atoms with Crippen LogP contribution >= 0.6 is 22.9 Å². The van der Waals surface area contributed by atoms with Crippen LogP contribution in [0.5, 0.6) is 5.88 Å². The molecule has 3 aliphatic heterocycles. The van der Waals surface area contributed by atoms with Gasteiger partial charge in [-0.05, 0) is 13.0 Å². The standard InChI is InChI=1S/C24H18ClF3N6O2S/c1-8-7-34-13(6-30-8)23(35)33-2-3-36-22-20(33)19(34)9-4-10(25)14(16(28)17(9)31-22)15-11(26)5-12(27)21-18(15)32-24(29)37-21/h4-5,8,13,30H,2-3,6-7H2,1H3,(H2,29,32)/t8-,13-/m1/s1. The Kier molecular flexibility index (Phi) is 4.83. The number of pyridine rings is 1. The molecule has 0 bridgehead atoms. The van der Waals surface area contributed by atoms with E-state index in [0.717, 1.165) is 11.3 Å². The van der Waals surface area contributed by atoms with E-state index in [2.05, 4.69) is 15.3 Å². The minimum Gasteiger partial charge on any atom is -0.474 e. The van der Waals surface area contributed by atoms with Crippen LogP contribution in [0.1, 0.15) is 6.92 Å². The number of benzene rings is 2. The number of amides is 1. The zero-order valence-corrected chi connectivity index (χ0v) is 20.8. The van der Waals surface area contributed by atoms with Crippen molar-refractivity contribution in [3.8, 4) is 17.0 Å². The summed E-state index contributed by atoms with van der Waals surface area (Å²) in [5.41, 5.74) is 6.00. The lowest BCUT2D eigenvalue weighted by atomic mass is 9.96. The van der Waals surface area contributed by atoms with Crippen molar-refractivity contribution in [3.05, 3.63) is 34.6 Å². The maximum Gasteiger partial charge on any atom is 0.251 e. The molecule has 190 valence electrons. The number of anilines is 3. The predicted molar refractivity (Wildman–Crippen MR) is 136 cm³/mol. The van der Waals surface area contributed by atoms with E-state index in [9.17, 15) is 9.18 Å². The number of halogens is 4. The molecule has 1 amide bonds. The molecule has 7 rings (SSSR count). The van der Waals surface area contributed by atoms with Gasteiger partial charge in [0, 0.05) is 41.7 Å². The number of carbonyl (C=O) groups is 1. The summed E-state index contributed by atoms with van der Waals surface area (Å²) >= 11 is 7.47. The van der Waals surface area contributed by atoms with Gasteiger partial charge in [0.15, 0.2) is 10.9 Å². The van der Waals surface area contributed by atoms with Gasteiger partial charge in [0.1, 0.15) is 35.5 Å². The molecule has 13 heteroatoms. The van der Waals surface area contributed by atoms with Gasteiger partial charge in [0.2, 0.25) is 5.88 Å². The molecule has 0 radical (unpaired) electrons. The third kappa shape index (κ3) is 3.09. The van der Waals surface area contributed by atoms with Crippen LogP contribution < -0.4 is 25.6 Å².